The number of carbonyl (C=O) groups excluding carboxylic acids is 1. The van der Waals surface area contributed by atoms with Gasteiger partial charge in [0, 0.05) is 25.2 Å². The minimum Gasteiger partial charge on any atom is -0.351 e. The Morgan fingerprint density at radius 2 is 2.00 bits per heavy atom. The van der Waals surface area contributed by atoms with Gasteiger partial charge in [0.05, 0.1) is 10.9 Å². The Morgan fingerprint density at radius 3 is 2.64 bits per heavy atom. The maximum atomic E-state index is 12.7. The third-order valence-electron chi connectivity index (χ3n) is 5.12. The average molecular weight is 369 g/mol. The monoisotopic (exact) mass is 369 g/mol. The predicted octanol–water partition coefficient (Wildman–Crippen LogP) is 2.26. The number of nitrogens with one attached hydrogen (secondary N) is 1. The van der Waals surface area contributed by atoms with Crippen molar-refractivity contribution in [1.29, 1.82) is 0 Å². The molecule has 0 spiro atoms. The van der Waals surface area contributed by atoms with Crippen LogP contribution in [0.15, 0.2) is 10.6 Å². The van der Waals surface area contributed by atoms with Gasteiger partial charge < -0.3 is 9.42 Å². The van der Waals surface area contributed by atoms with Gasteiger partial charge in [0.1, 0.15) is 0 Å². The number of likely N-dealkylation sites (tertiary alicyclic amines) is 1. The van der Waals surface area contributed by atoms with Crippen LogP contribution in [0.2, 0.25) is 0 Å². The molecule has 1 saturated carbocycles. The lowest BCUT2D eigenvalue weighted by atomic mass is 10.1. The van der Waals surface area contributed by atoms with Crippen molar-refractivity contribution >= 4 is 15.9 Å². The van der Waals surface area contributed by atoms with Crippen molar-refractivity contribution in [2.75, 3.05) is 13.1 Å². The highest BCUT2D eigenvalue weighted by molar-refractivity contribution is 7.90. The molecular formula is C17H27N3O4S. The topological polar surface area (TPSA) is 92.5 Å². The molecule has 25 heavy (non-hydrogen) atoms. The molecule has 1 saturated heterocycles. The number of carbonyl (C=O) groups is 1. The van der Waals surface area contributed by atoms with Crippen molar-refractivity contribution < 1.29 is 17.7 Å². The summed E-state index contributed by atoms with van der Waals surface area (Å²) >= 11 is 0. The zero-order chi connectivity index (χ0) is 18.0. The van der Waals surface area contributed by atoms with Gasteiger partial charge in [-0.2, -0.15) is 0 Å². The number of hydrogen-bond donors (Lipinski definition) is 1. The summed E-state index contributed by atoms with van der Waals surface area (Å²) < 4.78 is 33.3. The largest absolute Gasteiger partial charge is 0.351 e. The fraction of sp³-hybridized carbons (Fsp3) is 0.765. The van der Waals surface area contributed by atoms with E-state index in [-0.39, 0.29) is 30.2 Å². The molecule has 1 aromatic rings. The number of amides is 1. The summed E-state index contributed by atoms with van der Waals surface area (Å²) in [6.07, 6.45) is 5.22. The van der Waals surface area contributed by atoms with Crippen LogP contribution >= 0.6 is 0 Å². The van der Waals surface area contributed by atoms with Gasteiger partial charge >= 0.3 is 0 Å². The molecular weight excluding hydrogens is 342 g/mol. The summed E-state index contributed by atoms with van der Waals surface area (Å²) in [5.74, 6) is 0.0843. The first-order valence-corrected chi connectivity index (χ1v) is 10.7. The predicted molar refractivity (Wildman–Crippen MR) is 93.8 cm³/mol. The smallest absolute Gasteiger partial charge is 0.292 e. The number of hydrogen-bond acceptors (Lipinski definition) is 5. The molecule has 3 rings (SSSR count). The number of aromatic nitrogens is 1. The van der Waals surface area contributed by atoms with E-state index in [1.165, 1.54) is 0 Å². The van der Waals surface area contributed by atoms with Gasteiger partial charge in [0.15, 0.2) is 0 Å². The van der Waals surface area contributed by atoms with Crippen molar-refractivity contribution in [1.82, 2.24) is 14.8 Å². The van der Waals surface area contributed by atoms with Crippen LogP contribution in [-0.4, -0.2) is 48.8 Å². The zero-order valence-corrected chi connectivity index (χ0v) is 15.7. The first kappa shape index (κ1) is 18.4. The Bertz CT molecular complexity index is 707. The quantitative estimate of drug-likeness (QED) is 0.859. The zero-order valence-electron chi connectivity index (χ0n) is 14.9. The number of rotatable bonds is 5. The van der Waals surface area contributed by atoms with Crippen LogP contribution in [0.3, 0.4) is 0 Å². The number of piperidine rings is 1. The third-order valence-corrected chi connectivity index (χ3v) is 7.05. The van der Waals surface area contributed by atoms with E-state index >= 15 is 0 Å². The SMILES string of the molecule is CC(C)c1cc(C(=O)N2CCCC(S(=O)(=O)NC3CCCC3)C2)on1. The Labute approximate surface area is 149 Å². The molecule has 1 aliphatic carbocycles. The second kappa shape index (κ2) is 7.45. The molecule has 2 heterocycles. The fourth-order valence-corrected chi connectivity index (χ4v) is 5.31. The lowest BCUT2D eigenvalue weighted by Gasteiger charge is -2.32. The van der Waals surface area contributed by atoms with Gasteiger partial charge in [-0.25, -0.2) is 13.1 Å². The molecule has 2 aliphatic rings. The summed E-state index contributed by atoms with van der Waals surface area (Å²) in [5.41, 5.74) is 0.729. The maximum absolute atomic E-state index is 12.7. The van der Waals surface area contributed by atoms with E-state index in [2.05, 4.69) is 9.88 Å². The Hall–Kier alpha value is -1.41. The second-order valence-electron chi connectivity index (χ2n) is 7.43. The minimum absolute atomic E-state index is 0.0546. The molecule has 1 aromatic heterocycles. The van der Waals surface area contributed by atoms with Crippen LogP contribution in [0.4, 0.5) is 0 Å². The molecule has 0 radical (unpaired) electrons. The normalized spacial score (nSPS) is 22.7. The number of nitrogens with zero attached hydrogens (tertiary/aromatic N) is 2. The standard InChI is InChI=1S/C17H27N3O4S/c1-12(2)15-10-16(24-18-15)17(21)20-9-5-8-14(11-20)25(22,23)19-13-6-3-4-7-13/h10,12-14,19H,3-9,11H2,1-2H3. The van der Waals surface area contributed by atoms with Gasteiger partial charge in [-0.15, -0.1) is 0 Å². The van der Waals surface area contributed by atoms with E-state index in [1.807, 2.05) is 13.8 Å². The van der Waals surface area contributed by atoms with Crippen molar-refractivity contribution in [2.24, 2.45) is 0 Å². The van der Waals surface area contributed by atoms with E-state index < -0.39 is 15.3 Å². The molecule has 1 unspecified atom stereocenters. The summed E-state index contributed by atoms with van der Waals surface area (Å²) in [6.45, 7) is 4.71. The van der Waals surface area contributed by atoms with E-state index in [1.54, 1.807) is 11.0 Å². The summed E-state index contributed by atoms with van der Waals surface area (Å²) in [6, 6.07) is 1.71. The van der Waals surface area contributed by atoms with Crippen LogP contribution in [0.25, 0.3) is 0 Å². The Kier molecular flexibility index (Phi) is 5.48. The minimum atomic E-state index is -3.41. The van der Waals surface area contributed by atoms with E-state index in [0.717, 1.165) is 31.4 Å². The summed E-state index contributed by atoms with van der Waals surface area (Å²) in [5, 5.41) is 3.36. The lowest BCUT2D eigenvalue weighted by molar-refractivity contribution is 0.0684. The number of sulfonamides is 1. The molecule has 1 N–H and O–H groups in total. The Morgan fingerprint density at radius 1 is 1.28 bits per heavy atom. The third kappa shape index (κ3) is 4.23. The summed E-state index contributed by atoms with van der Waals surface area (Å²) in [4.78, 5) is 14.2. The average Bonchev–Trinajstić information content (AvgIpc) is 3.25. The van der Waals surface area contributed by atoms with Crippen LogP contribution in [0.5, 0.6) is 0 Å². The van der Waals surface area contributed by atoms with E-state index in [4.69, 9.17) is 4.52 Å². The highest BCUT2D eigenvalue weighted by Crippen LogP contribution is 2.23. The lowest BCUT2D eigenvalue weighted by Crippen LogP contribution is -2.49. The van der Waals surface area contributed by atoms with Crippen LogP contribution in [0, 0.1) is 0 Å². The van der Waals surface area contributed by atoms with Gasteiger partial charge in [0.25, 0.3) is 5.91 Å². The van der Waals surface area contributed by atoms with Gasteiger partial charge in [-0.05, 0) is 31.6 Å². The van der Waals surface area contributed by atoms with Crippen molar-refractivity contribution in [3.63, 3.8) is 0 Å². The van der Waals surface area contributed by atoms with Crippen LogP contribution in [0.1, 0.15) is 74.5 Å². The fourth-order valence-electron chi connectivity index (χ4n) is 3.57. The molecule has 140 valence electrons. The van der Waals surface area contributed by atoms with Gasteiger partial charge in [-0.1, -0.05) is 31.8 Å². The van der Waals surface area contributed by atoms with E-state index in [0.29, 0.717) is 19.4 Å². The first-order valence-electron chi connectivity index (χ1n) is 9.14. The van der Waals surface area contributed by atoms with Crippen LogP contribution in [-0.2, 0) is 10.0 Å². The first-order chi connectivity index (χ1) is 11.9. The van der Waals surface area contributed by atoms with Crippen molar-refractivity contribution in [3.05, 3.63) is 17.5 Å². The second-order valence-corrected chi connectivity index (χ2v) is 9.42. The van der Waals surface area contributed by atoms with Crippen LogP contribution < -0.4 is 4.72 Å². The molecule has 0 aromatic carbocycles. The molecule has 1 amide bonds. The molecule has 8 heteroatoms. The van der Waals surface area contributed by atoms with Gasteiger partial charge in [0.2, 0.25) is 15.8 Å². The molecule has 1 atom stereocenters. The summed E-state index contributed by atoms with van der Waals surface area (Å²) in [7, 11) is -3.41. The van der Waals surface area contributed by atoms with Crippen molar-refractivity contribution in [3.8, 4) is 0 Å². The molecule has 1 aliphatic heterocycles. The van der Waals surface area contributed by atoms with Crippen molar-refractivity contribution in [2.45, 2.75) is 69.6 Å². The molecule has 2 fully saturated rings. The molecule has 7 nitrogen and oxygen atoms in total. The molecule has 0 bridgehead atoms. The van der Waals surface area contributed by atoms with Gasteiger partial charge in [-0.3, -0.25) is 4.79 Å². The maximum Gasteiger partial charge on any atom is 0.292 e. The highest BCUT2D eigenvalue weighted by Gasteiger charge is 2.35. The van der Waals surface area contributed by atoms with E-state index in [9.17, 15) is 13.2 Å². The Balaban J connectivity index is 1.66. The highest BCUT2D eigenvalue weighted by atomic mass is 32.2.